The Bertz CT molecular complexity index is 381. The summed E-state index contributed by atoms with van der Waals surface area (Å²) in [5.74, 6) is 0. The van der Waals surface area contributed by atoms with Crippen molar-refractivity contribution >= 4 is 17.4 Å². The molecule has 2 unspecified atom stereocenters. The number of hydrogen-bond acceptors (Lipinski definition) is 6. The van der Waals surface area contributed by atoms with Crippen molar-refractivity contribution in [3.63, 3.8) is 0 Å². The molecule has 1 N–H and O–H groups in total. The maximum Gasteiger partial charge on any atom is 0.518 e. The van der Waals surface area contributed by atoms with E-state index in [0.717, 1.165) is 12.8 Å². The van der Waals surface area contributed by atoms with Crippen LogP contribution in [-0.2, 0) is 22.1 Å². The highest BCUT2D eigenvalue weighted by Gasteiger charge is 2.52. The molecule has 0 aromatic carbocycles. The van der Waals surface area contributed by atoms with E-state index in [1.54, 1.807) is 0 Å². The lowest BCUT2D eigenvalue weighted by molar-refractivity contribution is 0.0554. The van der Waals surface area contributed by atoms with Crippen molar-refractivity contribution in [2.24, 2.45) is 0 Å². The zero-order valence-electron chi connectivity index (χ0n) is 21.2. The van der Waals surface area contributed by atoms with E-state index in [0.29, 0.717) is 33.0 Å². The molecule has 0 heterocycles. The highest BCUT2D eigenvalue weighted by atomic mass is 28.4. The topological polar surface area (TPSA) is 58.2 Å². The monoisotopic (exact) mass is 465 g/mol. The van der Waals surface area contributed by atoms with E-state index in [9.17, 15) is 0 Å². The summed E-state index contributed by atoms with van der Waals surface area (Å²) in [6, 6.07) is 0. The van der Waals surface area contributed by atoms with Crippen LogP contribution in [0.1, 0.15) is 93.4 Å². The molecule has 0 aromatic rings. The summed E-state index contributed by atoms with van der Waals surface area (Å²) in [6.45, 7) is 19.8. The minimum absolute atomic E-state index is 0.0192. The molecule has 8 heteroatoms. The van der Waals surface area contributed by atoms with E-state index in [4.69, 9.17) is 22.1 Å². The first kappa shape index (κ1) is 30.2. The van der Waals surface area contributed by atoms with Gasteiger partial charge in [0.15, 0.2) is 0 Å². The van der Waals surface area contributed by atoms with Crippen LogP contribution < -0.4 is 5.32 Å². The minimum atomic E-state index is -2.87. The van der Waals surface area contributed by atoms with Crippen LogP contribution in [0.4, 0.5) is 0 Å². The molecule has 0 aliphatic carbocycles. The van der Waals surface area contributed by atoms with Gasteiger partial charge >= 0.3 is 17.4 Å². The van der Waals surface area contributed by atoms with Crippen molar-refractivity contribution in [2.75, 3.05) is 33.0 Å². The van der Waals surface area contributed by atoms with Crippen molar-refractivity contribution in [3.05, 3.63) is 0 Å². The normalized spacial score (nSPS) is 14.8. The summed E-state index contributed by atoms with van der Waals surface area (Å²) in [6.07, 6.45) is 8.18. The summed E-state index contributed by atoms with van der Waals surface area (Å²) in [5, 5.41) is 3.90. The SMILES string of the molecule is CCCCCCCC(NC(CC)[Si](OCC)(OCC)OCC)[Si](C)(OCC)OCC. The van der Waals surface area contributed by atoms with Gasteiger partial charge in [-0.25, -0.2) is 0 Å². The minimum Gasteiger partial charge on any atom is -0.394 e. The van der Waals surface area contributed by atoms with Crippen LogP contribution in [-0.4, -0.2) is 61.7 Å². The van der Waals surface area contributed by atoms with Gasteiger partial charge in [-0.05, 0) is 54.0 Å². The fourth-order valence-corrected chi connectivity index (χ4v) is 10.0. The van der Waals surface area contributed by atoms with Gasteiger partial charge in [0.1, 0.15) is 0 Å². The highest BCUT2D eigenvalue weighted by Crippen LogP contribution is 2.24. The van der Waals surface area contributed by atoms with E-state index < -0.39 is 17.4 Å². The summed E-state index contributed by atoms with van der Waals surface area (Å²) in [4.78, 5) is 0. The Labute approximate surface area is 189 Å². The Kier molecular flexibility index (Phi) is 17.8. The Morgan fingerprint density at radius 3 is 1.47 bits per heavy atom. The molecule has 2 atom stereocenters. The molecular formula is C22H51NO5Si2. The number of hydrogen-bond donors (Lipinski definition) is 1. The van der Waals surface area contributed by atoms with Crippen LogP contribution in [0, 0.1) is 0 Å². The van der Waals surface area contributed by atoms with Crippen molar-refractivity contribution in [1.29, 1.82) is 0 Å². The number of nitrogens with one attached hydrogen (secondary N) is 1. The summed E-state index contributed by atoms with van der Waals surface area (Å²) < 4.78 is 31.3. The van der Waals surface area contributed by atoms with Crippen LogP contribution in [0.3, 0.4) is 0 Å². The molecule has 0 aromatic heterocycles. The van der Waals surface area contributed by atoms with Crippen LogP contribution in [0.25, 0.3) is 0 Å². The first-order valence-corrected chi connectivity index (χ1v) is 16.6. The highest BCUT2D eigenvalue weighted by molar-refractivity contribution is 6.68. The van der Waals surface area contributed by atoms with Gasteiger partial charge < -0.3 is 27.4 Å². The Morgan fingerprint density at radius 1 is 0.600 bits per heavy atom. The van der Waals surface area contributed by atoms with E-state index in [2.05, 4.69) is 39.6 Å². The lowest BCUT2D eigenvalue weighted by Gasteiger charge is -2.41. The lowest BCUT2D eigenvalue weighted by atomic mass is 10.1. The third-order valence-corrected chi connectivity index (χ3v) is 12.3. The predicted octanol–water partition coefficient (Wildman–Crippen LogP) is 5.36. The van der Waals surface area contributed by atoms with Crippen molar-refractivity contribution in [1.82, 2.24) is 5.32 Å². The smallest absolute Gasteiger partial charge is 0.394 e. The molecule has 0 saturated carbocycles. The Hall–Kier alpha value is 0.194. The van der Waals surface area contributed by atoms with Crippen molar-refractivity contribution in [3.8, 4) is 0 Å². The van der Waals surface area contributed by atoms with E-state index in [1.807, 2.05) is 20.8 Å². The Balaban J connectivity index is 5.68. The quantitative estimate of drug-likeness (QED) is 0.182. The van der Waals surface area contributed by atoms with Gasteiger partial charge in [-0.2, -0.15) is 0 Å². The molecule has 0 rings (SSSR count). The van der Waals surface area contributed by atoms with Gasteiger partial charge in [-0.3, -0.25) is 0 Å². The lowest BCUT2D eigenvalue weighted by Crippen LogP contribution is -2.68. The molecule has 30 heavy (non-hydrogen) atoms. The molecule has 0 amide bonds. The van der Waals surface area contributed by atoms with Crippen LogP contribution in [0.2, 0.25) is 6.55 Å². The zero-order valence-corrected chi connectivity index (χ0v) is 23.2. The number of rotatable bonds is 21. The van der Waals surface area contributed by atoms with E-state index in [-0.39, 0.29) is 11.3 Å². The van der Waals surface area contributed by atoms with Gasteiger partial charge in [0.2, 0.25) is 0 Å². The van der Waals surface area contributed by atoms with Crippen LogP contribution in [0.5, 0.6) is 0 Å². The third kappa shape index (κ3) is 10.2. The number of unbranched alkanes of at least 4 members (excludes halogenated alkanes) is 4. The third-order valence-electron chi connectivity index (χ3n) is 5.37. The Morgan fingerprint density at radius 2 is 1.07 bits per heavy atom. The van der Waals surface area contributed by atoms with Gasteiger partial charge in [0.05, 0.1) is 11.3 Å². The summed E-state index contributed by atoms with van der Waals surface area (Å²) in [7, 11) is -5.30. The molecule has 6 nitrogen and oxygen atoms in total. The second-order valence-electron chi connectivity index (χ2n) is 7.67. The standard InChI is InChI=1S/C22H51NO5Si2/c1-9-16-17-18-19-20-22(29(8,24-11-3)25-12-4)23-21(10-2)30(26-13-5,27-14-6)28-15-7/h21-23H,9-20H2,1-8H3. The van der Waals surface area contributed by atoms with Gasteiger partial charge in [-0.1, -0.05) is 46.0 Å². The second kappa shape index (κ2) is 17.7. The van der Waals surface area contributed by atoms with Gasteiger partial charge in [0.25, 0.3) is 0 Å². The molecule has 182 valence electrons. The van der Waals surface area contributed by atoms with Gasteiger partial charge in [-0.15, -0.1) is 0 Å². The van der Waals surface area contributed by atoms with Crippen LogP contribution >= 0.6 is 0 Å². The van der Waals surface area contributed by atoms with Gasteiger partial charge in [0, 0.05) is 33.0 Å². The average Bonchev–Trinajstić information content (AvgIpc) is 2.71. The predicted molar refractivity (Wildman–Crippen MR) is 130 cm³/mol. The molecule has 0 saturated heterocycles. The maximum absolute atomic E-state index is 6.30. The fourth-order valence-electron chi connectivity index (χ4n) is 4.01. The summed E-state index contributed by atoms with van der Waals surface area (Å²) in [5.41, 5.74) is 0.183. The second-order valence-corrected chi connectivity index (χ2v) is 13.7. The molecule has 0 spiro atoms. The van der Waals surface area contributed by atoms with E-state index >= 15 is 0 Å². The first-order chi connectivity index (χ1) is 14.4. The molecular weight excluding hydrogens is 414 g/mol. The maximum atomic E-state index is 6.30. The van der Waals surface area contributed by atoms with Crippen molar-refractivity contribution in [2.45, 2.75) is 111 Å². The molecule has 0 bridgehead atoms. The van der Waals surface area contributed by atoms with Crippen LogP contribution in [0.15, 0.2) is 0 Å². The first-order valence-electron chi connectivity index (χ1n) is 12.4. The fraction of sp³-hybridized carbons (Fsp3) is 1.00. The summed E-state index contributed by atoms with van der Waals surface area (Å²) >= 11 is 0. The zero-order chi connectivity index (χ0) is 22.9. The molecule has 0 aliphatic rings. The molecule has 0 radical (unpaired) electrons. The molecule has 0 aliphatic heterocycles. The largest absolute Gasteiger partial charge is 0.518 e. The molecule has 0 fully saturated rings. The average molecular weight is 466 g/mol. The van der Waals surface area contributed by atoms with Crippen molar-refractivity contribution < 1.29 is 22.1 Å². The van der Waals surface area contributed by atoms with E-state index in [1.165, 1.54) is 32.1 Å².